The normalized spacial score (nSPS) is 13.8. The summed E-state index contributed by atoms with van der Waals surface area (Å²) in [5.74, 6) is 0.635. The van der Waals surface area contributed by atoms with Gasteiger partial charge in [0.2, 0.25) is 5.95 Å². The Morgan fingerprint density at radius 3 is 1.21 bits per heavy atom. The van der Waals surface area contributed by atoms with Crippen molar-refractivity contribution in [3.8, 4) is 73.1 Å². The minimum Gasteiger partial charge on any atom is -0.309 e. The molecule has 0 spiro atoms. The predicted octanol–water partition coefficient (Wildman–Crippen LogP) is 20.5. The number of hydrogen-bond acceptors (Lipinski definition) is 2. The van der Waals surface area contributed by atoms with Crippen molar-refractivity contribution in [1.29, 1.82) is 0 Å². The molecule has 18 rings (SSSR count). The van der Waals surface area contributed by atoms with Crippen molar-refractivity contribution < 1.29 is 0 Å². The highest BCUT2D eigenvalue weighted by molar-refractivity contribution is 6.15. The van der Waals surface area contributed by atoms with E-state index in [0.29, 0.717) is 5.95 Å². The Bertz CT molecular complexity index is 5270. The van der Waals surface area contributed by atoms with E-state index in [2.05, 4.69) is 302 Å². The fourth-order valence-corrected chi connectivity index (χ4v) is 15.1. The van der Waals surface area contributed by atoms with Gasteiger partial charge in [0, 0.05) is 65.5 Å². The van der Waals surface area contributed by atoms with E-state index in [-0.39, 0.29) is 10.8 Å². The Balaban J connectivity index is 0.836. The first-order valence-electron chi connectivity index (χ1n) is 29.6. The first kappa shape index (κ1) is 48.0. The van der Waals surface area contributed by atoms with Crippen LogP contribution >= 0.6 is 0 Å². The van der Waals surface area contributed by atoms with E-state index in [0.717, 1.165) is 66.2 Å². The molecule has 0 atom stereocenters. The average molecular weight is 1090 g/mol. The van der Waals surface area contributed by atoms with E-state index in [1.54, 1.807) is 0 Å². The Labute approximate surface area is 492 Å². The van der Waals surface area contributed by atoms with Crippen LogP contribution in [0.1, 0.15) is 49.9 Å². The van der Waals surface area contributed by atoms with Crippen LogP contribution in [-0.4, -0.2) is 23.7 Å². The van der Waals surface area contributed by atoms with Gasteiger partial charge in [-0.3, -0.25) is 4.57 Å². The van der Waals surface area contributed by atoms with E-state index in [1.165, 1.54) is 99.5 Å². The lowest BCUT2D eigenvalue weighted by Gasteiger charge is -2.22. The van der Waals surface area contributed by atoms with E-state index < -0.39 is 0 Å². The maximum absolute atomic E-state index is 5.49. The quantitative estimate of drug-likeness (QED) is 0.166. The van der Waals surface area contributed by atoms with Crippen molar-refractivity contribution in [2.45, 2.75) is 38.5 Å². The number of rotatable bonds is 6. The van der Waals surface area contributed by atoms with Crippen LogP contribution in [0.5, 0.6) is 0 Å². The van der Waals surface area contributed by atoms with E-state index in [1.807, 2.05) is 0 Å². The van der Waals surface area contributed by atoms with Gasteiger partial charge >= 0.3 is 0 Å². The van der Waals surface area contributed by atoms with Gasteiger partial charge < -0.3 is 9.13 Å². The van der Waals surface area contributed by atoms with E-state index >= 15 is 0 Å². The molecule has 0 saturated carbocycles. The third-order valence-electron chi connectivity index (χ3n) is 19.3. The number of benzene rings is 12. The van der Waals surface area contributed by atoms with Crippen molar-refractivity contribution in [3.05, 3.63) is 283 Å². The minimum absolute atomic E-state index is 0.123. The molecular weight excluding hydrogens is 1030 g/mol. The van der Waals surface area contributed by atoms with Crippen LogP contribution in [0, 0.1) is 0 Å². The topological polar surface area (TPSA) is 40.6 Å². The highest BCUT2D eigenvalue weighted by Crippen LogP contribution is 2.52. The van der Waals surface area contributed by atoms with Gasteiger partial charge in [-0.1, -0.05) is 210 Å². The first-order valence-corrected chi connectivity index (χ1v) is 29.6. The van der Waals surface area contributed by atoms with Gasteiger partial charge in [0.05, 0.1) is 44.3 Å². The monoisotopic (exact) mass is 1090 g/mol. The molecule has 16 aromatic rings. The predicted molar refractivity (Wildman–Crippen MR) is 354 cm³/mol. The van der Waals surface area contributed by atoms with Gasteiger partial charge in [0.1, 0.15) is 0 Å². The van der Waals surface area contributed by atoms with E-state index in [9.17, 15) is 0 Å². The third kappa shape index (κ3) is 6.81. The number of hydrogen-bond donors (Lipinski definition) is 0. The minimum atomic E-state index is -0.123. The highest BCUT2D eigenvalue weighted by atomic mass is 15.2. The molecule has 0 amide bonds. The maximum Gasteiger partial charge on any atom is 0.235 e. The Morgan fingerprint density at radius 1 is 0.259 bits per heavy atom. The van der Waals surface area contributed by atoms with Crippen molar-refractivity contribution >= 4 is 76.3 Å². The maximum atomic E-state index is 5.49. The van der Waals surface area contributed by atoms with Crippen molar-refractivity contribution in [2.75, 3.05) is 0 Å². The van der Waals surface area contributed by atoms with Gasteiger partial charge in [-0.05, 0) is 146 Å². The van der Waals surface area contributed by atoms with Crippen LogP contribution in [0.2, 0.25) is 0 Å². The van der Waals surface area contributed by atoms with Gasteiger partial charge in [0.15, 0.2) is 0 Å². The molecule has 400 valence electrons. The molecule has 5 heteroatoms. The molecule has 0 fully saturated rings. The average Bonchev–Trinajstić information content (AvgIpc) is 2.04. The molecule has 5 nitrogen and oxygen atoms in total. The van der Waals surface area contributed by atoms with Crippen LogP contribution in [0.25, 0.3) is 149 Å². The zero-order valence-corrected chi connectivity index (χ0v) is 47.6. The lowest BCUT2D eigenvalue weighted by Crippen LogP contribution is -2.15. The molecule has 2 aliphatic rings. The van der Waals surface area contributed by atoms with Crippen molar-refractivity contribution in [1.82, 2.24) is 23.7 Å². The molecule has 4 aromatic heterocycles. The zero-order chi connectivity index (χ0) is 56.4. The number of para-hydroxylation sites is 3. The molecule has 0 saturated heterocycles. The largest absolute Gasteiger partial charge is 0.309 e. The Hall–Kier alpha value is -10.6. The zero-order valence-electron chi connectivity index (χ0n) is 47.6. The molecule has 0 N–H and O–H groups in total. The molecule has 4 heterocycles. The van der Waals surface area contributed by atoms with Gasteiger partial charge in [0.25, 0.3) is 0 Å². The second kappa shape index (κ2) is 17.5. The molecule has 12 aromatic carbocycles. The van der Waals surface area contributed by atoms with Crippen LogP contribution in [0.3, 0.4) is 0 Å². The molecule has 0 bridgehead atoms. The summed E-state index contributed by atoms with van der Waals surface area (Å²) < 4.78 is 7.23. The van der Waals surface area contributed by atoms with Crippen LogP contribution < -0.4 is 0 Å². The highest BCUT2D eigenvalue weighted by Gasteiger charge is 2.37. The molecular formula is C80H55N5. The second-order valence-corrected chi connectivity index (χ2v) is 24.5. The summed E-state index contributed by atoms with van der Waals surface area (Å²) in [6.07, 6.45) is 0. The number of aromatic nitrogens is 5. The van der Waals surface area contributed by atoms with E-state index in [4.69, 9.17) is 9.97 Å². The SMILES string of the molecule is CC1(C)c2ccccc2-c2ccc(-n3c4ccccc4c4ccc(-c5ccc6c(c5)c5cc(-c7ccc8c9ccccc9n(-c9ccc%10c(c9)C(C)(C)c9ccccc9-%10)c8c7)ccc5n6-c5nc(-c6ccccc6)c6ccccc6n5)cc43)cc21. The van der Waals surface area contributed by atoms with Gasteiger partial charge in [-0.15, -0.1) is 0 Å². The van der Waals surface area contributed by atoms with Crippen molar-refractivity contribution in [2.24, 2.45) is 0 Å². The van der Waals surface area contributed by atoms with Crippen LogP contribution in [0.15, 0.2) is 261 Å². The summed E-state index contributed by atoms with van der Waals surface area (Å²) in [6, 6.07) is 96.6. The number of nitrogens with zero attached hydrogens (tertiary/aromatic N) is 5. The Morgan fingerprint density at radius 2 is 0.671 bits per heavy atom. The van der Waals surface area contributed by atoms with Crippen LogP contribution in [0.4, 0.5) is 0 Å². The standard InChI is InChI=1S/C80H55N5/c1-79(2)66-25-13-8-20-55(66)57-38-34-53(46-68(57)79)83-71-28-16-11-22-59(71)61-36-30-51(44-75(61)83)49-32-40-73-64(42-49)65-43-50(33-41-74(65)85(73)78-81-70-27-15-10-24-63(70)77(82-78)48-18-6-5-7-19-48)52-31-37-62-60-23-12-17-29-72(60)84(76(62)45-52)54-35-39-58-56-21-9-14-26-67(56)80(3,4)69(58)47-54/h5-47H,1-4H3. The first-order chi connectivity index (χ1) is 41.7. The Kier molecular flexibility index (Phi) is 9.85. The second-order valence-electron chi connectivity index (χ2n) is 24.5. The third-order valence-corrected chi connectivity index (χ3v) is 19.3. The fourth-order valence-electron chi connectivity index (χ4n) is 15.1. The van der Waals surface area contributed by atoms with Crippen molar-refractivity contribution in [3.63, 3.8) is 0 Å². The molecule has 0 radical (unpaired) electrons. The smallest absolute Gasteiger partial charge is 0.235 e. The summed E-state index contributed by atoms with van der Waals surface area (Å²) in [6.45, 7) is 9.46. The van der Waals surface area contributed by atoms with Gasteiger partial charge in [-0.2, -0.15) is 0 Å². The van der Waals surface area contributed by atoms with Crippen LogP contribution in [-0.2, 0) is 10.8 Å². The summed E-state index contributed by atoms with van der Waals surface area (Å²) in [5, 5.41) is 8.22. The summed E-state index contributed by atoms with van der Waals surface area (Å²) in [7, 11) is 0. The lowest BCUT2D eigenvalue weighted by atomic mass is 9.82. The lowest BCUT2D eigenvalue weighted by molar-refractivity contribution is 0.660. The summed E-state index contributed by atoms with van der Waals surface area (Å²) in [4.78, 5) is 10.9. The molecule has 0 aliphatic heterocycles. The molecule has 85 heavy (non-hydrogen) atoms. The number of fused-ring (bicyclic) bond motifs is 16. The molecule has 2 aliphatic carbocycles. The summed E-state index contributed by atoms with van der Waals surface area (Å²) >= 11 is 0. The van der Waals surface area contributed by atoms with Gasteiger partial charge in [-0.25, -0.2) is 9.97 Å². The summed E-state index contributed by atoms with van der Waals surface area (Å²) in [5.41, 5.74) is 27.1. The molecule has 0 unspecified atom stereocenters. The fraction of sp³-hybridized carbons (Fsp3) is 0.0750.